The van der Waals surface area contributed by atoms with Crippen molar-refractivity contribution in [2.75, 3.05) is 5.32 Å². The van der Waals surface area contributed by atoms with Crippen molar-refractivity contribution in [2.45, 2.75) is 18.4 Å². The molecular formula is C27H21NO6. The number of esters is 1. The quantitative estimate of drug-likeness (QED) is 0.287. The highest BCUT2D eigenvalue weighted by Crippen LogP contribution is 2.45. The van der Waals surface area contributed by atoms with Gasteiger partial charge in [-0.25, -0.2) is 14.4 Å². The predicted octanol–water partition coefficient (Wildman–Crippen LogP) is 4.81. The summed E-state index contributed by atoms with van der Waals surface area (Å²) >= 11 is 0. The third kappa shape index (κ3) is 3.71. The van der Waals surface area contributed by atoms with Gasteiger partial charge in [-0.2, -0.15) is 0 Å². The number of ether oxygens (including phenoxy) is 1. The summed E-state index contributed by atoms with van der Waals surface area (Å²) in [6, 6.07) is 17.8. The average molecular weight is 455 g/mol. The molecule has 1 heterocycles. The predicted molar refractivity (Wildman–Crippen MR) is 125 cm³/mol. The minimum absolute atomic E-state index is 0.0707. The number of carbonyl (C=O) groups is 3. The number of carbonyl (C=O) groups excluding carboxylic acids is 1. The number of rotatable bonds is 5. The number of para-hydroxylation sites is 1. The summed E-state index contributed by atoms with van der Waals surface area (Å²) in [7, 11) is 0. The molecule has 7 nitrogen and oxygen atoms in total. The number of allylic oxidation sites excluding steroid dienone is 2. The third-order valence-corrected chi connectivity index (χ3v) is 6.42. The maximum absolute atomic E-state index is 13.0. The van der Waals surface area contributed by atoms with Crippen LogP contribution in [0.2, 0.25) is 0 Å². The fourth-order valence-electron chi connectivity index (χ4n) is 4.82. The molecule has 0 amide bonds. The summed E-state index contributed by atoms with van der Waals surface area (Å²) in [6.45, 7) is 0. The van der Waals surface area contributed by atoms with Crippen LogP contribution >= 0.6 is 0 Å². The number of nitrogens with one attached hydrogen (secondary N) is 1. The molecule has 5 rings (SSSR count). The zero-order valence-electron chi connectivity index (χ0n) is 18.0. The van der Waals surface area contributed by atoms with Gasteiger partial charge in [0.1, 0.15) is 11.8 Å². The second kappa shape index (κ2) is 8.51. The Morgan fingerprint density at radius 1 is 0.882 bits per heavy atom. The van der Waals surface area contributed by atoms with E-state index < -0.39 is 23.9 Å². The van der Waals surface area contributed by atoms with Gasteiger partial charge in [0.15, 0.2) is 0 Å². The van der Waals surface area contributed by atoms with Crippen LogP contribution in [0, 0.1) is 5.92 Å². The number of anilines is 1. The molecule has 0 saturated carbocycles. The maximum Gasteiger partial charge on any atom is 0.345 e. The first kappa shape index (κ1) is 21.5. The molecule has 3 unspecified atom stereocenters. The Bertz CT molecular complexity index is 1330. The van der Waals surface area contributed by atoms with Gasteiger partial charge in [0.2, 0.25) is 0 Å². The van der Waals surface area contributed by atoms with Gasteiger partial charge >= 0.3 is 17.9 Å². The number of hydrogen-bond donors (Lipinski definition) is 3. The van der Waals surface area contributed by atoms with Gasteiger partial charge in [0.05, 0.1) is 16.8 Å². The van der Waals surface area contributed by atoms with Crippen LogP contribution in [0.5, 0.6) is 5.75 Å². The van der Waals surface area contributed by atoms with E-state index in [4.69, 9.17) is 4.74 Å². The van der Waals surface area contributed by atoms with Crippen LogP contribution in [0.1, 0.15) is 38.6 Å². The van der Waals surface area contributed by atoms with Crippen LogP contribution in [0.15, 0.2) is 78.9 Å². The van der Waals surface area contributed by atoms with Crippen molar-refractivity contribution in [1.29, 1.82) is 0 Å². The van der Waals surface area contributed by atoms with Gasteiger partial charge in [-0.1, -0.05) is 54.6 Å². The highest BCUT2D eigenvalue weighted by Gasteiger charge is 2.42. The van der Waals surface area contributed by atoms with Crippen LogP contribution < -0.4 is 10.1 Å². The third-order valence-electron chi connectivity index (χ3n) is 6.42. The van der Waals surface area contributed by atoms with E-state index >= 15 is 0 Å². The Morgan fingerprint density at radius 2 is 1.62 bits per heavy atom. The summed E-state index contributed by atoms with van der Waals surface area (Å²) in [5.41, 5.74) is 3.06. The SMILES string of the molecule is O=C(O)c1ccccc1-c1ccc(OC(=O)c2cccc3c2NC(C(=O)O)C2CC=CC32)cc1. The first-order valence-corrected chi connectivity index (χ1v) is 10.9. The van der Waals surface area contributed by atoms with E-state index in [1.807, 2.05) is 18.2 Å². The molecule has 2 aliphatic rings. The summed E-state index contributed by atoms with van der Waals surface area (Å²) < 4.78 is 5.58. The van der Waals surface area contributed by atoms with E-state index in [2.05, 4.69) is 5.32 Å². The lowest BCUT2D eigenvalue weighted by Crippen LogP contribution is -2.42. The standard InChI is InChI=1S/C27H21NO6/c29-25(30)21-6-2-1-5-17(21)15-11-13-16(14-12-15)34-27(33)22-10-4-8-19-18-7-3-9-20(18)24(26(31)32)28-23(19)22/h1-8,10-14,18,20,24,28H,9H2,(H,29,30)(H,31,32). The normalized spacial score (nSPS) is 20.1. The molecule has 0 saturated heterocycles. The molecule has 170 valence electrons. The van der Waals surface area contributed by atoms with Gasteiger partial charge in [-0.3, -0.25) is 0 Å². The lowest BCUT2D eigenvalue weighted by atomic mass is 9.78. The first-order valence-electron chi connectivity index (χ1n) is 10.9. The molecule has 3 N–H and O–H groups in total. The molecular weight excluding hydrogens is 434 g/mol. The van der Waals surface area contributed by atoms with E-state index in [1.165, 1.54) is 6.07 Å². The monoisotopic (exact) mass is 455 g/mol. The minimum Gasteiger partial charge on any atom is -0.480 e. The number of fused-ring (bicyclic) bond motifs is 3. The lowest BCUT2D eigenvalue weighted by molar-refractivity contribution is -0.139. The van der Waals surface area contributed by atoms with Crippen molar-refractivity contribution in [3.63, 3.8) is 0 Å². The van der Waals surface area contributed by atoms with Crippen LogP contribution in [0.25, 0.3) is 11.1 Å². The fraction of sp³-hybridized carbons (Fsp3) is 0.148. The Labute approximate surface area is 195 Å². The summed E-state index contributed by atoms with van der Waals surface area (Å²) in [5, 5.41) is 22.2. The molecule has 0 aromatic heterocycles. The number of benzene rings is 3. The van der Waals surface area contributed by atoms with Crippen molar-refractivity contribution >= 4 is 23.6 Å². The molecule has 7 heteroatoms. The topological polar surface area (TPSA) is 113 Å². The maximum atomic E-state index is 13.0. The smallest absolute Gasteiger partial charge is 0.345 e. The van der Waals surface area contributed by atoms with Crippen molar-refractivity contribution in [1.82, 2.24) is 0 Å². The Morgan fingerprint density at radius 3 is 2.35 bits per heavy atom. The second-order valence-electron chi connectivity index (χ2n) is 8.35. The van der Waals surface area contributed by atoms with Gasteiger partial charge in [0, 0.05) is 11.8 Å². The van der Waals surface area contributed by atoms with Gasteiger partial charge < -0.3 is 20.3 Å². The number of carboxylic acids is 2. The van der Waals surface area contributed by atoms with Gasteiger partial charge in [-0.15, -0.1) is 0 Å². The van der Waals surface area contributed by atoms with Gasteiger partial charge in [-0.05, 0) is 47.4 Å². The van der Waals surface area contributed by atoms with Crippen molar-refractivity contribution < 1.29 is 29.3 Å². The molecule has 3 atom stereocenters. The van der Waals surface area contributed by atoms with Gasteiger partial charge in [0.25, 0.3) is 0 Å². The molecule has 34 heavy (non-hydrogen) atoms. The largest absolute Gasteiger partial charge is 0.480 e. The Hall–Kier alpha value is -4.39. The molecule has 1 aliphatic heterocycles. The highest BCUT2D eigenvalue weighted by atomic mass is 16.5. The zero-order valence-corrected chi connectivity index (χ0v) is 18.0. The van der Waals surface area contributed by atoms with E-state index in [0.29, 0.717) is 29.0 Å². The fourth-order valence-corrected chi connectivity index (χ4v) is 4.82. The molecule has 0 spiro atoms. The Kier molecular flexibility index (Phi) is 5.37. The van der Waals surface area contributed by atoms with Crippen molar-refractivity contribution in [3.05, 3.63) is 95.6 Å². The lowest BCUT2D eigenvalue weighted by Gasteiger charge is -2.35. The number of aromatic carboxylic acids is 1. The minimum atomic E-state index is -1.02. The highest BCUT2D eigenvalue weighted by molar-refractivity contribution is 5.99. The molecule has 0 fully saturated rings. The number of carboxylic acid groups (broad SMARTS) is 2. The number of aliphatic carboxylic acids is 1. The van der Waals surface area contributed by atoms with Crippen molar-refractivity contribution in [2.24, 2.45) is 5.92 Å². The Balaban J connectivity index is 1.41. The summed E-state index contributed by atoms with van der Waals surface area (Å²) in [5.74, 6) is -2.46. The van der Waals surface area contributed by atoms with E-state index in [9.17, 15) is 24.6 Å². The zero-order chi connectivity index (χ0) is 23.8. The van der Waals surface area contributed by atoms with Crippen LogP contribution in [-0.4, -0.2) is 34.2 Å². The average Bonchev–Trinajstić information content (AvgIpc) is 3.34. The molecule has 0 bridgehead atoms. The van der Waals surface area contributed by atoms with E-state index in [-0.39, 0.29) is 23.0 Å². The van der Waals surface area contributed by atoms with Crippen LogP contribution in [-0.2, 0) is 4.79 Å². The summed E-state index contributed by atoms with van der Waals surface area (Å²) in [6.07, 6.45) is 4.65. The van der Waals surface area contributed by atoms with Crippen LogP contribution in [0.4, 0.5) is 5.69 Å². The number of hydrogen-bond acceptors (Lipinski definition) is 5. The molecule has 1 aliphatic carbocycles. The molecule has 0 radical (unpaired) electrons. The van der Waals surface area contributed by atoms with E-state index in [0.717, 1.165) is 5.56 Å². The second-order valence-corrected chi connectivity index (χ2v) is 8.35. The first-order chi connectivity index (χ1) is 16.4. The van der Waals surface area contributed by atoms with Crippen LogP contribution in [0.3, 0.4) is 0 Å². The van der Waals surface area contributed by atoms with Crippen molar-refractivity contribution in [3.8, 4) is 16.9 Å². The summed E-state index contributed by atoms with van der Waals surface area (Å²) in [4.78, 5) is 36.4. The molecule has 3 aromatic rings. The molecule has 3 aromatic carbocycles. The van der Waals surface area contributed by atoms with E-state index in [1.54, 1.807) is 54.6 Å².